The topological polar surface area (TPSA) is 29.9 Å². The molecule has 2 rings (SSSR count). The van der Waals surface area contributed by atoms with Crippen LogP contribution in [0.5, 0.6) is 0 Å². The number of benzene rings is 1. The molecule has 0 saturated heterocycles. The van der Waals surface area contributed by atoms with E-state index in [1.165, 1.54) is 5.56 Å². The molecule has 16 heavy (non-hydrogen) atoms. The first-order chi connectivity index (χ1) is 7.33. The molecular formula is C13H18ClN2+. The zero-order valence-corrected chi connectivity index (χ0v) is 10.2. The lowest BCUT2D eigenvalue weighted by Crippen LogP contribution is -2.25. The second-order valence-electron chi connectivity index (χ2n) is 3.23. The molecule has 0 aliphatic carbocycles. The minimum Gasteiger partial charge on any atom is -0.326 e. The molecule has 2 N–H and O–H groups in total. The van der Waals surface area contributed by atoms with Crippen molar-refractivity contribution in [3.8, 4) is 0 Å². The molecule has 0 amide bonds. The minimum atomic E-state index is 0. The predicted molar refractivity (Wildman–Crippen MR) is 69.2 cm³/mol. The van der Waals surface area contributed by atoms with E-state index in [1.54, 1.807) is 0 Å². The largest absolute Gasteiger partial charge is 0.326 e. The number of hydrogen-bond acceptors (Lipinski definition) is 1. The Bertz CT molecular complexity index is 362. The van der Waals surface area contributed by atoms with Crippen molar-refractivity contribution >= 4 is 12.4 Å². The molecule has 2 aromatic rings. The van der Waals surface area contributed by atoms with Crippen molar-refractivity contribution in [2.24, 2.45) is 12.8 Å². The van der Waals surface area contributed by atoms with Crippen LogP contribution in [0.15, 0.2) is 60.9 Å². The second kappa shape index (κ2) is 8.89. The van der Waals surface area contributed by atoms with E-state index in [4.69, 9.17) is 5.73 Å². The number of nitrogens with zero attached hydrogens (tertiary/aromatic N) is 1. The number of halogens is 1. The van der Waals surface area contributed by atoms with Gasteiger partial charge in [-0.25, -0.2) is 4.57 Å². The molecule has 0 fully saturated rings. The molecule has 0 aliphatic rings. The van der Waals surface area contributed by atoms with E-state index in [-0.39, 0.29) is 12.4 Å². The summed E-state index contributed by atoms with van der Waals surface area (Å²) in [7, 11) is 2.00. The Morgan fingerprint density at radius 1 is 0.938 bits per heavy atom. The average molecular weight is 238 g/mol. The van der Waals surface area contributed by atoms with Gasteiger partial charge in [-0.15, -0.1) is 12.4 Å². The van der Waals surface area contributed by atoms with Gasteiger partial charge >= 0.3 is 0 Å². The zero-order valence-electron chi connectivity index (χ0n) is 9.41. The van der Waals surface area contributed by atoms with Crippen LogP contribution >= 0.6 is 12.4 Å². The maximum atomic E-state index is 5.35. The van der Waals surface area contributed by atoms with Gasteiger partial charge in [0.15, 0.2) is 12.4 Å². The summed E-state index contributed by atoms with van der Waals surface area (Å²) in [4.78, 5) is 0. The molecule has 0 unspecified atom stereocenters. The van der Waals surface area contributed by atoms with Gasteiger partial charge in [-0.1, -0.05) is 36.4 Å². The van der Waals surface area contributed by atoms with Gasteiger partial charge in [0.05, 0.1) is 0 Å². The number of aryl methyl sites for hydroxylation is 1. The average Bonchev–Trinajstić information content (AvgIpc) is 2.32. The fourth-order valence-corrected chi connectivity index (χ4v) is 1.10. The molecule has 0 atom stereocenters. The highest BCUT2D eigenvalue weighted by atomic mass is 35.5. The molecule has 86 valence electrons. The van der Waals surface area contributed by atoms with E-state index >= 15 is 0 Å². The molecule has 0 radical (unpaired) electrons. The Kier molecular flexibility index (Phi) is 8.12. The van der Waals surface area contributed by atoms with E-state index in [1.807, 2.05) is 72.5 Å². The highest BCUT2D eigenvalue weighted by molar-refractivity contribution is 5.85. The van der Waals surface area contributed by atoms with E-state index in [0.29, 0.717) is 6.54 Å². The molecule has 1 aromatic heterocycles. The summed E-state index contributed by atoms with van der Waals surface area (Å²) >= 11 is 0. The first-order valence-electron chi connectivity index (χ1n) is 4.97. The third-order valence-corrected chi connectivity index (χ3v) is 1.94. The molecule has 3 heteroatoms. The fourth-order valence-electron chi connectivity index (χ4n) is 1.10. The monoisotopic (exact) mass is 237 g/mol. The quantitative estimate of drug-likeness (QED) is 0.757. The van der Waals surface area contributed by atoms with E-state index in [2.05, 4.69) is 0 Å². The molecule has 1 aromatic carbocycles. The van der Waals surface area contributed by atoms with Crippen LogP contribution in [-0.2, 0) is 13.6 Å². The van der Waals surface area contributed by atoms with Gasteiger partial charge in [-0.05, 0) is 5.56 Å². The first-order valence-corrected chi connectivity index (χ1v) is 4.97. The molecular weight excluding hydrogens is 220 g/mol. The van der Waals surface area contributed by atoms with Crippen LogP contribution in [0.1, 0.15) is 5.56 Å². The van der Waals surface area contributed by atoms with Crippen LogP contribution in [0.4, 0.5) is 0 Å². The maximum absolute atomic E-state index is 5.35. The van der Waals surface area contributed by atoms with Crippen LogP contribution in [0.25, 0.3) is 0 Å². The Hall–Kier alpha value is -1.38. The van der Waals surface area contributed by atoms with Gasteiger partial charge in [0, 0.05) is 18.7 Å². The van der Waals surface area contributed by atoms with Gasteiger partial charge in [0.2, 0.25) is 0 Å². The molecule has 0 bridgehead atoms. The van der Waals surface area contributed by atoms with E-state index < -0.39 is 0 Å². The van der Waals surface area contributed by atoms with Gasteiger partial charge in [0.1, 0.15) is 7.05 Å². The van der Waals surface area contributed by atoms with Gasteiger partial charge in [0.25, 0.3) is 0 Å². The Labute approximate surface area is 103 Å². The van der Waals surface area contributed by atoms with Crippen LogP contribution in [0, 0.1) is 0 Å². The maximum Gasteiger partial charge on any atom is 0.168 e. The zero-order chi connectivity index (χ0) is 10.9. The van der Waals surface area contributed by atoms with Crippen LogP contribution in [0.2, 0.25) is 0 Å². The predicted octanol–water partition coefficient (Wildman–Crippen LogP) is 2.08. The van der Waals surface area contributed by atoms with Gasteiger partial charge in [-0.2, -0.15) is 0 Å². The van der Waals surface area contributed by atoms with Crippen molar-refractivity contribution in [2.75, 3.05) is 0 Å². The summed E-state index contributed by atoms with van der Waals surface area (Å²) in [6, 6.07) is 16.0. The van der Waals surface area contributed by atoms with Gasteiger partial charge < -0.3 is 5.73 Å². The Morgan fingerprint density at radius 2 is 1.44 bits per heavy atom. The second-order valence-corrected chi connectivity index (χ2v) is 3.23. The lowest BCUT2D eigenvalue weighted by Gasteiger charge is -1.90. The van der Waals surface area contributed by atoms with Crippen LogP contribution in [0.3, 0.4) is 0 Å². The summed E-state index contributed by atoms with van der Waals surface area (Å²) < 4.78 is 2.00. The Morgan fingerprint density at radius 3 is 1.75 bits per heavy atom. The smallest absolute Gasteiger partial charge is 0.168 e. The van der Waals surface area contributed by atoms with Crippen molar-refractivity contribution in [3.63, 3.8) is 0 Å². The van der Waals surface area contributed by atoms with Crippen molar-refractivity contribution in [1.82, 2.24) is 0 Å². The number of nitrogens with two attached hydrogens (primary N) is 1. The summed E-state index contributed by atoms with van der Waals surface area (Å²) in [6.45, 7) is 0.640. The Balaban J connectivity index is 0.000000267. The van der Waals surface area contributed by atoms with Gasteiger partial charge in [-0.3, -0.25) is 0 Å². The normalized spacial score (nSPS) is 8.38. The third-order valence-electron chi connectivity index (χ3n) is 1.94. The van der Waals surface area contributed by atoms with E-state index in [0.717, 1.165) is 0 Å². The van der Waals surface area contributed by atoms with Crippen molar-refractivity contribution in [3.05, 3.63) is 66.5 Å². The standard InChI is InChI=1S/C7H9N.C6H8N.ClH/c8-6-7-4-2-1-3-5-7;1-7-5-3-2-4-6-7;/h1-5H,6,8H2;2-6H,1H3;1H/q;+1;. The lowest BCUT2D eigenvalue weighted by molar-refractivity contribution is -0.671. The lowest BCUT2D eigenvalue weighted by atomic mass is 10.2. The first kappa shape index (κ1) is 14.6. The summed E-state index contributed by atoms with van der Waals surface area (Å²) in [6.07, 6.45) is 4.00. The summed E-state index contributed by atoms with van der Waals surface area (Å²) in [5.74, 6) is 0. The molecule has 0 saturated carbocycles. The molecule has 0 aliphatic heterocycles. The number of pyridine rings is 1. The highest BCUT2D eigenvalue weighted by Gasteiger charge is 1.80. The molecule has 2 nitrogen and oxygen atoms in total. The number of rotatable bonds is 1. The fraction of sp³-hybridized carbons (Fsp3) is 0.154. The SMILES string of the molecule is C[n+]1ccccc1.Cl.NCc1ccccc1. The van der Waals surface area contributed by atoms with Crippen molar-refractivity contribution in [1.29, 1.82) is 0 Å². The highest BCUT2D eigenvalue weighted by Crippen LogP contribution is 1.94. The number of aromatic nitrogens is 1. The van der Waals surface area contributed by atoms with Crippen LogP contribution in [-0.4, -0.2) is 0 Å². The van der Waals surface area contributed by atoms with Crippen molar-refractivity contribution < 1.29 is 4.57 Å². The van der Waals surface area contributed by atoms with Crippen molar-refractivity contribution in [2.45, 2.75) is 6.54 Å². The number of hydrogen-bond donors (Lipinski definition) is 1. The summed E-state index contributed by atoms with van der Waals surface area (Å²) in [5, 5.41) is 0. The van der Waals surface area contributed by atoms with E-state index in [9.17, 15) is 0 Å². The molecule has 0 spiro atoms. The summed E-state index contributed by atoms with van der Waals surface area (Å²) in [5.41, 5.74) is 6.54. The molecule has 1 heterocycles. The minimum absolute atomic E-state index is 0. The van der Waals surface area contributed by atoms with Crippen LogP contribution < -0.4 is 10.3 Å². The third kappa shape index (κ3) is 6.17.